The Labute approximate surface area is 254 Å². The highest BCUT2D eigenvalue weighted by atomic mass is 35.5. The smallest absolute Gasteiger partial charge is 0.264 e. The first kappa shape index (κ1) is 23.2. The van der Waals surface area contributed by atoms with E-state index in [1.807, 2.05) is 36.4 Å². The second kappa shape index (κ2) is 7.42. The molecule has 0 spiro atoms. The Kier molecular flexibility index (Phi) is 3.91. The van der Waals surface area contributed by atoms with Crippen molar-refractivity contribution >= 4 is 121 Å². The van der Waals surface area contributed by atoms with Gasteiger partial charge in [-0.3, -0.25) is 18.4 Å². The second-order valence-electron chi connectivity index (χ2n) is 11.6. The van der Waals surface area contributed by atoms with E-state index in [1.165, 1.54) is 0 Å². The lowest BCUT2D eigenvalue weighted by atomic mass is 9.86. The van der Waals surface area contributed by atoms with Gasteiger partial charge < -0.3 is 0 Å². The molecule has 11 aromatic rings. The van der Waals surface area contributed by atoms with Gasteiger partial charge in [-0.05, 0) is 93.0 Å². The minimum Gasteiger partial charge on any atom is -0.268 e. The fourth-order valence-electron chi connectivity index (χ4n) is 7.73. The van der Waals surface area contributed by atoms with E-state index in [0.717, 1.165) is 64.9 Å². The number of imidazole rings is 2. The zero-order valence-electron chi connectivity index (χ0n) is 22.4. The summed E-state index contributed by atoms with van der Waals surface area (Å²) >= 11 is 12.6. The van der Waals surface area contributed by atoms with Gasteiger partial charge in [0.1, 0.15) is 11.3 Å². The summed E-state index contributed by atoms with van der Waals surface area (Å²) in [6.07, 6.45) is 0. The minimum atomic E-state index is -0.124. The third-order valence-corrected chi connectivity index (χ3v) is 9.95. The molecule has 0 aliphatic carbocycles. The molecule has 0 aliphatic rings. The Morgan fingerprint density at radius 1 is 0.432 bits per heavy atom. The lowest BCUT2D eigenvalue weighted by Gasteiger charge is -2.18. The van der Waals surface area contributed by atoms with E-state index in [-0.39, 0.29) is 11.1 Å². The fraction of sp³-hybridized carbons (Fsp3) is 0. The third kappa shape index (κ3) is 2.50. The first-order valence-electron chi connectivity index (χ1n) is 14.1. The fourth-order valence-corrected chi connectivity index (χ4v) is 8.07. The average molecular weight is 605 g/mol. The molecule has 0 radical (unpaired) electrons. The molecule has 0 unspecified atom stereocenters. The molecular formula is C36H14Cl2N4O2. The van der Waals surface area contributed by atoms with Gasteiger partial charge in [-0.2, -0.15) is 0 Å². The van der Waals surface area contributed by atoms with Crippen LogP contribution in [0.1, 0.15) is 0 Å². The van der Waals surface area contributed by atoms with Crippen LogP contribution in [0.4, 0.5) is 0 Å². The summed E-state index contributed by atoms with van der Waals surface area (Å²) in [5.41, 5.74) is 3.82. The number of nitrogens with zero attached hydrogens (tertiary/aromatic N) is 4. The van der Waals surface area contributed by atoms with Gasteiger partial charge in [0.05, 0.1) is 22.1 Å². The second-order valence-corrected chi connectivity index (χ2v) is 12.4. The Morgan fingerprint density at radius 3 is 1.45 bits per heavy atom. The summed E-state index contributed by atoms with van der Waals surface area (Å²) in [5.74, 6) is 0. The average Bonchev–Trinajstić information content (AvgIpc) is 3.60. The quantitative estimate of drug-likeness (QED) is 0.128. The maximum atomic E-state index is 14.1. The van der Waals surface area contributed by atoms with Crippen molar-refractivity contribution < 1.29 is 0 Å². The number of aromatic nitrogens is 4. The molecule has 0 N–H and O–H groups in total. The molecule has 0 atom stereocenters. The normalized spacial score (nSPS) is 13.0. The Balaban J connectivity index is 1.38. The predicted molar refractivity (Wildman–Crippen MR) is 180 cm³/mol. The van der Waals surface area contributed by atoms with Crippen LogP contribution in [-0.2, 0) is 0 Å². The molecule has 0 saturated carbocycles. The van der Waals surface area contributed by atoms with E-state index in [4.69, 9.17) is 33.2 Å². The van der Waals surface area contributed by atoms with Gasteiger partial charge in [-0.1, -0.05) is 47.5 Å². The third-order valence-electron chi connectivity index (χ3n) is 9.48. The van der Waals surface area contributed by atoms with Gasteiger partial charge in [0.2, 0.25) is 0 Å². The van der Waals surface area contributed by atoms with E-state index in [2.05, 4.69) is 24.3 Å². The monoisotopic (exact) mass is 604 g/mol. The lowest BCUT2D eigenvalue weighted by Crippen LogP contribution is -2.14. The summed E-state index contributed by atoms with van der Waals surface area (Å²) in [5, 5.41) is 12.1. The van der Waals surface area contributed by atoms with Crippen LogP contribution in [0.25, 0.3) is 98.0 Å². The highest BCUT2D eigenvalue weighted by Gasteiger charge is 2.24. The van der Waals surface area contributed by atoms with Crippen LogP contribution in [0.3, 0.4) is 0 Å². The van der Waals surface area contributed by atoms with Crippen LogP contribution in [0.15, 0.2) is 94.5 Å². The Morgan fingerprint density at radius 2 is 0.864 bits per heavy atom. The number of hydrogen-bond donors (Lipinski definition) is 0. The van der Waals surface area contributed by atoms with Crippen LogP contribution in [0, 0.1) is 0 Å². The standard InChI is InChI=1S/C36H14Cl2N4O2/c37-15-2-12-27-26(13-15)40-34-22-8-4-18-17-3-7-21-31-24(36(44)42-28-14-16(38)1-11-25(28)39-33(21)42)10-6-20(29(17)31)19-5-9-23(32(22)30(18)19)35(43)41(27)34/h1-14H. The highest BCUT2D eigenvalue weighted by Crippen LogP contribution is 2.45. The number of pyridine rings is 2. The maximum Gasteiger partial charge on any atom is 0.264 e. The van der Waals surface area contributed by atoms with Crippen molar-refractivity contribution in [2.45, 2.75) is 0 Å². The SMILES string of the molecule is O=c1c2ccc3c4ccc5c(=O)n6c7cc(Cl)ccc7nc6c6ccc(c7ccc(c2c37)c2nc3cc(Cl)ccc3n12)c4c56. The van der Waals surface area contributed by atoms with Gasteiger partial charge in [0.25, 0.3) is 11.1 Å². The van der Waals surface area contributed by atoms with Crippen LogP contribution < -0.4 is 11.1 Å². The van der Waals surface area contributed by atoms with Crippen LogP contribution in [-0.4, -0.2) is 18.8 Å². The summed E-state index contributed by atoms with van der Waals surface area (Å²) in [7, 11) is 0. The molecule has 4 aromatic heterocycles. The minimum absolute atomic E-state index is 0.110. The van der Waals surface area contributed by atoms with Crippen molar-refractivity contribution in [1.29, 1.82) is 0 Å². The summed E-state index contributed by atoms with van der Waals surface area (Å²) in [6, 6.07) is 27.1. The lowest BCUT2D eigenvalue weighted by molar-refractivity contribution is 1.19. The Bertz CT molecular complexity index is 3150. The number of hydrogen-bond acceptors (Lipinski definition) is 4. The van der Waals surface area contributed by atoms with Gasteiger partial charge in [-0.15, -0.1) is 0 Å². The molecule has 44 heavy (non-hydrogen) atoms. The van der Waals surface area contributed by atoms with Gasteiger partial charge >= 0.3 is 0 Å². The van der Waals surface area contributed by atoms with Crippen LogP contribution >= 0.6 is 23.2 Å². The van der Waals surface area contributed by atoms with Crippen molar-refractivity contribution in [1.82, 2.24) is 18.8 Å². The van der Waals surface area contributed by atoms with E-state index < -0.39 is 0 Å². The van der Waals surface area contributed by atoms with E-state index in [9.17, 15) is 9.59 Å². The molecular weight excluding hydrogens is 591 g/mol. The van der Waals surface area contributed by atoms with E-state index in [0.29, 0.717) is 43.1 Å². The number of benzene rings is 7. The van der Waals surface area contributed by atoms with Gasteiger partial charge in [-0.25, -0.2) is 9.97 Å². The molecule has 204 valence electrons. The topological polar surface area (TPSA) is 68.7 Å². The van der Waals surface area contributed by atoms with Gasteiger partial charge in [0.15, 0.2) is 0 Å². The molecule has 0 saturated heterocycles. The number of halogens is 2. The molecule has 0 fully saturated rings. The first-order valence-corrected chi connectivity index (χ1v) is 14.9. The maximum absolute atomic E-state index is 14.1. The van der Waals surface area contributed by atoms with Crippen molar-refractivity contribution in [3.63, 3.8) is 0 Å². The van der Waals surface area contributed by atoms with Crippen molar-refractivity contribution in [2.24, 2.45) is 0 Å². The van der Waals surface area contributed by atoms with E-state index >= 15 is 0 Å². The van der Waals surface area contributed by atoms with E-state index in [1.54, 1.807) is 33.1 Å². The summed E-state index contributed by atoms with van der Waals surface area (Å²) in [4.78, 5) is 37.8. The zero-order valence-corrected chi connectivity index (χ0v) is 24.0. The number of rotatable bonds is 0. The van der Waals surface area contributed by atoms with Gasteiger partial charge in [0, 0.05) is 42.4 Å². The summed E-state index contributed by atoms with van der Waals surface area (Å²) in [6.45, 7) is 0. The molecule has 6 nitrogen and oxygen atoms in total. The van der Waals surface area contributed by atoms with Crippen molar-refractivity contribution in [3.05, 3.63) is 116 Å². The van der Waals surface area contributed by atoms with Crippen LogP contribution in [0.5, 0.6) is 0 Å². The zero-order chi connectivity index (χ0) is 29.2. The molecule has 4 heterocycles. The van der Waals surface area contributed by atoms with Crippen LogP contribution in [0.2, 0.25) is 10.0 Å². The number of fused-ring (bicyclic) bond motifs is 10. The molecule has 8 heteroatoms. The molecule has 0 bridgehead atoms. The van der Waals surface area contributed by atoms with Crippen molar-refractivity contribution in [2.75, 3.05) is 0 Å². The first-order chi connectivity index (χ1) is 21.5. The molecule has 7 aromatic carbocycles. The predicted octanol–water partition coefficient (Wildman–Crippen LogP) is 8.55. The Hall–Kier alpha value is -5.30. The molecule has 0 amide bonds. The largest absolute Gasteiger partial charge is 0.268 e. The van der Waals surface area contributed by atoms with Crippen molar-refractivity contribution in [3.8, 4) is 0 Å². The highest BCUT2D eigenvalue weighted by molar-refractivity contribution is 6.40. The molecule has 0 aliphatic heterocycles. The summed E-state index contributed by atoms with van der Waals surface area (Å²) < 4.78 is 3.37. The molecule has 11 rings (SSSR count).